The molecular weight excluding hydrogens is 258 g/mol. The van der Waals surface area contributed by atoms with Crippen molar-refractivity contribution in [1.82, 2.24) is 15.6 Å². The van der Waals surface area contributed by atoms with Gasteiger partial charge in [0.25, 0.3) is 0 Å². The van der Waals surface area contributed by atoms with E-state index in [-0.39, 0.29) is 18.5 Å². The molecule has 1 fully saturated rings. The summed E-state index contributed by atoms with van der Waals surface area (Å²) < 4.78 is 0. The Morgan fingerprint density at radius 3 is 2.85 bits per heavy atom. The largest absolute Gasteiger partial charge is 0.481 e. The van der Waals surface area contributed by atoms with Crippen LogP contribution in [0.2, 0.25) is 0 Å². The highest BCUT2D eigenvalue weighted by atomic mass is 16.4. The second-order valence-electron chi connectivity index (χ2n) is 5.17. The van der Waals surface area contributed by atoms with E-state index in [9.17, 15) is 9.59 Å². The highest BCUT2D eigenvalue weighted by Crippen LogP contribution is 2.33. The molecule has 2 amide bonds. The molecule has 0 spiro atoms. The molecule has 1 aliphatic carbocycles. The SMILES string of the molecule is Cc1cnccc1CNC(=O)NC(CC(=O)O)C1CC1. The van der Waals surface area contributed by atoms with Crippen LogP contribution in [0.5, 0.6) is 0 Å². The Labute approximate surface area is 117 Å². The second kappa shape index (κ2) is 6.36. The van der Waals surface area contributed by atoms with Gasteiger partial charge in [0.2, 0.25) is 0 Å². The molecule has 1 aromatic rings. The van der Waals surface area contributed by atoms with E-state index in [1.54, 1.807) is 12.4 Å². The minimum atomic E-state index is -0.882. The number of pyridine rings is 1. The first kappa shape index (κ1) is 14.3. The van der Waals surface area contributed by atoms with Crippen molar-refractivity contribution in [2.45, 2.75) is 38.8 Å². The van der Waals surface area contributed by atoms with Crippen molar-refractivity contribution in [2.75, 3.05) is 0 Å². The lowest BCUT2D eigenvalue weighted by Gasteiger charge is -2.17. The monoisotopic (exact) mass is 277 g/mol. The van der Waals surface area contributed by atoms with Crippen LogP contribution < -0.4 is 10.6 Å². The van der Waals surface area contributed by atoms with E-state index in [4.69, 9.17) is 5.11 Å². The number of hydrogen-bond acceptors (Lipinski definition) is 3. The Morgan fingerprint density at radius 1 is 1.50 bits per heavy atom. The van der Waals surface area contributed by atoms with Gasteiger partial charge < -0.3 is 15.7 Å². The third-order valence-corrected chi connectivity index (χ3v) is 3.48. The topological polar surface area (TPSA) is 91.3 Å². The van der Waals surface area contributed by atoms with Gasteiger partial charge in [-0.25, -0.2) is 4.79 Å². The van der Waals surface area contributed by atoms with Gasteiger partial charge in [-0.05, 0) is 42.9 Å². The number of aliphatic carboxylic acids is 1. The number of amides is 2. The second-order valence-corrected chi connectivity index (χ2v) is 5.17. The maximum Gasteiger partial charge on any atom is 0.315 e. The summed E-state index contributed by atoms with van der Waals surface area (Å²) in [6, 6.07) is 1.26. The maximum absolute atomic E-state index is 11.8. The Bertz CT molecular complexity index is 500. The average Bonchev–Trinajstić information content (AvgIpc) is 3.21. The molecular formula is C14H19N3O3. The molecule has 1 atom stereocenters. The Hall–Kier alpha value is -2.11. The number of nitrogens with one attached hydrogen (secondary N) is 2. The molecule has 6 heteroatoms. The van der Waals surface area contributed by atoms with Crippen molar-refractivity contribution in [3.8, 4) is 0 Å². The molecule has 1 aliphatic rings. The number of aromatic nitrogens is 1. The van der Waals surface area contributed by atoms with Gasteiger partial charge in [0.05, 0.1) is 6.42 Å². The highest BCUT2D eigenvalue weighted by molar-refractivity contribution is 5.75. The first-order valence-corrected chi connectivity index (χ1v) is 6.72. The minimum absolute atomic E-state index is 0.0215. The predicted molar refractivity (Wildman–Crippen MR) is 73.1 cm³/mol. The van der Waals surface area contributed by atoms with E-state index >= 15 is 0 Å². The number of carboxylic acids is 1. The number of rotatable bonds is 6. The summed E-state index contributed by atoms with van der Waals surface area (Å²) in [4.78, 5) is 26.6. The lowest BCUT2D eigenvalue weighted by atomic mass is 10.1. The molecule has 3 N–H and O–H groups in total. The summed E-state index contributed by atoms with van der Waals surface area (Å²) in [5.41, 5.74) is 2.01. The number of urea groups is 1. The van der Waals surface area contributed by atoms with E-state index in [0.717, 1.165) is 24.0 Å². The highest BCUT2D eigenvalue weighted by Gasteiger charge is 2.33. The van der Waals surface area contributed by atoms with Gasteiger partial charge in [-0.1, -0.05) is 0 Å². The average molecular weight is 277 g/mol. The normalized spacial score (nSPS) is 15.4. The standard InChI is InChI=1S/C14H19N3O3/c1-9-7-15-5-4-11(9)8-16-14(20)17-12(6-13(18)19)10-2-3-10/h4-5,7,10,12H,2-3,6,8H2,1H3,(H,18,19)(H2,16,17,20). The predicted octanol–water partition coefficient (Wildman–Crippen LogP) is 1.44. The molecule has 0 radical (unpaired) electrons. The molecule has 0 aromatic carbocycles. The van der Waals surface area contributed by atoms with Crippen LogP contribution in [0.15, 0.2) is 18.5 Å². The molecule has 2 rings (SSSR count). The number of hydrogen-bond donors (Lipinski definition) is 3. The van der Waals surface area contributed by atoms with Crippen molar-refractivity contribution < 1.29 is 14.7 Å². The summed E-state index contributed by atoms with van der Waals surface area (Å²) in [5, 5.41) is 14.3. The molecule has 1 heterocycles. The van der Waals surface area contributed by atoms with E-state index < -0.39 is 5.97 Å². The molecule has 1 aromatic heterocycles. The van der Waals surface area contributed by atoms with Crippen LogP contribution in [0.3, 0.4) is 0 Å². The summed E-state index contributed by atoms with van der Waals surface area (Å²) in [5.74, 6) is -0.577. The van der Waals surface area contributed by atoms with Crippen molar-refractivity contribution in [3.05, 3.63) is 29.6 Å². The molecule has 0 saturated heterocycles. The fourth-order valence-electron chi connectivity index (χ4n) is 2.12. The van der Waals surface area contributed by atoms with Gasteiger partial charge in [-0.2, -0.15) is 0 Å². The zero-order valence-corrected chi connectivity index (χ0v) is 11.4. The molecule has 6 nitrogen and oxygen atoms in total. The lowest BCUT2D eigenvalue weighted by Crippen LogP contribution is -2.43. The number of carbonyl (C=O) groups is 2. The third-order valence-electron chi connectivity index (χ3n) is 3.48. The first-order chi connectivity index (χ1) is 9.56. The Balaban J connectivity index is 1.82. The smallest absolute Gasteiger partial charge is 0.315 e. The van der Waals surface area contributed by atoms with Crippen LogP contribution in [0, 0.1) is 12.8 Å². The van der Waals surface area contributed by atoms with E-state index in [1.807, 2.05) is 13.0 Å². The van der Waals surface area contributed by atoms with Crippen LogP contribution in [0.25, 0.3) is 0 Å². The van der Waals surface area contributed by atoms with Gasteiger partial charge in [0.1, 0.15) is 0 Å². The van der Waals surface area contributed by atoms with Crippen molar-refractivity contribution in [2.24, 2.45) is 5.92 Å². The van der Waals surface area contributed by atoms with Crippen LogP contribution in [-0.4, -0.2) is 28.1 Å². The Morgan fingerprint density at radius 2 is 2.25 bits per heavy atom. The lowest BCUT2D eigenvalue weighted by molar-refractivity contribution is -0.137. The maximum atomic E-state index is 11.8. The van der Waals surface area contributed by atoms with Crippen LogP contribution in [-0.2, 0) is 11.3 Å². The van der Waals surface area contributed by atoms with Crippen molar-refractivity contribution in [3.63, 3.8) is 0 Å². The summed E-state index contributed by atoms with van der Waals surface area (Å²) in [6.07, 6.45) is 5.38. The number of aryl methyl sites for hydroxylation is 1. The summed E-state index contributed by atoms with van der Waals surface area (Å²) >= 11 is 0. The van der Waals surface area contributed by atoms with Gasteiger partial charge in [-0.3, -0.25) is 9.78 Å². The Kier molecular flexibility index (Phi) is 4.55. The molecule has 20 heavy (non-hydrogen) atoms. The zero-order chi connectivity index (χ0) is 14.5. The van der Waals surface area contributed by atoms with Gasteiger partial charge in [0, 0.05) is 25.0 Å². The van der Waals surface area contributed by atoms with Crippen LogP contribution in [0.1, 0.15) is 30.4 Å². The van der Waals surface area contributed by atoms with Crippen molar-refractivity contribution >= 4 is 12.0 Å². The molecule has 1 saturated carbocycles. The van der Waals surface area contributed by atoms with E-state index in [2.05, 4.69) is 15.6 Å². The summed E-state index contributed by atoms with van der Waals surface area (Å²) in [6.45, 7) is 2.34. The molecule has 0 bridgehead atoms. The quantitative estimate of drug-likeness (QED) is 0.733. The van der Waals surface area contributed by atoms with Crippen LogP contribution in [0.4, 0.5) is 4.79 Å². The third kappa shape index (κ3) is 4.22. The van der Waals surface area contributed by atoms with Crippen molar-refractivity contribution in [1.29, 1.82) is 0 Å². The number of carbonyl (C=O) groups excluding carboxylic acids is 1. The van der Waals surface area contributed by atoms with E-state index in [0.29, 0.717) is 12.5 Å². The fraction of sp³-hybridized carbons (Fsp3) is 0.500. The van der Waals surface area contributed by atoms with Gasteiger partial charge >= 0.3 is 12.0 Å². The van der Waals surface area contributed by atoms with Crippen LogP contribution >= 0.6 is 0 Å². The molecule has 108 valence electrons. The van der Waals surface area contributed by atoms with E-state index in [1.165, 1.54) is 0 Å². The zero-order valence-electron chi connectivity index (χ0n) is 11.4. The van der Waals surface area contributed by atoms with Gasteiger partial charge in [-0.15, -0.1) is 0 Å². The number of nitrogens with zero attached hydrogens (tertiary/aromatic N) is 1. The minimum Gasteiger partial charge on any atom is -0.481 e. The fourth-order valence-corrected chi connectivity index (χ4v) is 2.12. The molecule has 1 unspecified atom stereocenters. The number of carboxylic acid groups (broad SMARTS) is 1. The first-order valence-electron chi connectivity index (χ1n) is 6.72. The summed E-state index contributed by atoms with van der Waals surface area (Å²) in [7, 11) is 0. The molecule has 0 aliphatic heterocycles. The van der Waals surface area contributed by atoms with Gasteiger partial charge in [0.15, 0.2) is 0 Å².